The molecule has 1 aliphatic carbocycles. The van der Waals surface area contributed by atoms with Crippen molar-refractivity contribution < 1.29 is 17.9 Å². The van der Waals surface area contributed by atoms with E-state index in [-0.39, 0.29) is 23.4 Å². The summed E-state index contributed by atoms with van der Waals surface area (Å²) < 4.78 is 34.1. The normalized spacial score (nSPS) is 15.4. The highest BCUT2D eigenvalue weighted by molar-refractivity contribution is 9.10. The molecule has 33 heavy (non-hydrogen) atoms. The third kappa shape index (κ3) is 5.23. The number of anilines is 1. The smallest absolute Gasteiger partial charge is 0.264 e. The van der Waals surface area contributed by atoms with Crippen LogP contribution in [-0.4, -0.2) is 28.0 Å². The van der Waals surface area contributed by atoms with Gasteiger partial charge < -0.3 is 10.1 Å². The van der Waals surface area contributed by atoms with Crippen LogP contribution in [0, 0.1) is 0 Å². The van der Waals surface area contributed by atoms with E-state index in [0.29, 0.717) is 5.69 Å². The highest BCUT2D eigenvalue weighted by atomic mass is 79.9. The molecule has 0 aliphatic heterocycles. The van der Waals surface area contributed by atoms with Crippen LogP contribution in [0.25, 0.3) is 0 Å². The van der Waals surface area contributed by atoms with Gasteiger partial charge in [0.05, 0.1) is 23.7 Å². The standard InChI is InChI=1S/C25H25BrN2O4S/c1-32-21-13-14-23-18(15-21)7-5-12-24(23)27-25(29)17-28(20-9-6-8-19(26)16-20)33(30,31)22-10-3-2-4-11-22/h2-4,6,8-11,13-16,24H,5,7,12,17H2,1H3,(H,27,29). The first-order chi connectivity index (χ1) is 15.9. The van der Waals surface area contributed by atoms with Crippen LogP contribution in [-0.2, 0) is 21.2 Å². The number of hydrogen-bond donors (Lipinski definition) is 1. The van der Waals surface area contributed by atoms with Crippen LogP contribution in [0.1, 0.15) is 30.0 Å². The van der Waals surface area contributed by atoms with Crippen molar-refractivity contribution in [3.8, 4) is 5.75 Å². The van der Waals surface area contributed by atoms with Crippen molar-refractivity contribution >= 4 is 37.5 Å². The number of fused-ring (bicyclic) bond motifs is 1. The molecule has 0 radical (unpaired) electrons. The van der Waals surface area contributed by atoms with Crippen molar-refractivity contribution in [2.45, 2.75) is 30.2 Å². The molecule has 1 amide bonds. The Morgan fingerprint density at radius 2 is 1.88 bits per heavy atom. The lowest BCUT2D eigenvalue weighted by Gasteiger charge is -2.29. The van der Waals surface area contributed by atoms with E-state index in [1.165, 1.54) is 12.1 Å². The number of rotatable bonds is 7. The number of sulfonamides is 1. The quantitative estimate of drug-likeness (QED) is 0.475. The summed E-state index contributed by atoms with van der Waals surface area (Å²) in [6, 6.07) is 20.8. The zero-order chi connectivity index (χ0) is 23.4. The molecule has 0 spiro atoms. The third-order valence-electron chi connectivity index (χ3n) is 5.71. The van der Waals surface area contributed by atoms with Crippen molar-refractivity contribution in [1.29, 1.82) is 0 Å². The first kappa shape index (κ1) is 23.3. The average Bonchev–Trinajstić information content (AvgIpc) is 2.83. The lowest BCUT2D eigenvalue weighted by atomic mass is 9.87. The first-order valence-corrected chi connectivity index (χ1v) is 12.9. The Morgan fingerprint density at radius 3 is 2.61 bits per heavy atom. The number of carbonyl (C=O) groups excluding carboxylic acids is 1. The van der Waals surface area contributed by atoms with E-state index in [9.17, 15) is 13.2 Å². The fourth-order valence-corrected chi connectivity index (χ4v) is 5.93. The number of ether oxygens (including phenoxy) is 1. The number of nitrogens with zero attached hydrogens (tertiary/aromatic N) is 1. The van der Waals surface area contributed by atoms with Gasteiger partial charge in [0.25, 0.3) is 10.0 Å². The Bertz CT molecular complexity index is 1250. The minimum Gasteiger partial charge on any atom is -0.497 e. The Hall–Kier alpha value is -2.84. The SMILES string of the molecule is COc1ccc2c(c1)CCCC2NC(=O)CN(c1cccc(Br)c1)S(=O)(=O)c1ccccc1. The topological polar surface area (TPSA) is 75.7 Å². The lowest BCUT2D eigenvalue weighted by Crippen LogP contribution is -2.42. The monoisotopic (exact) mass is 528 g/mol. The van der Waals surface area contributed by atoms with Gasteiger partial charge in [-0.1, -0.05) is 46.3 Å². The first-order valence-electron chi connectivity index (χ1n) is 10.7. The molecule has 4 rings (SSSR count). The van der Waals surface area contributed by atoms with E-state index in [1.807, 2.05) is 24.3 Å². The molecule has 1 atom stereocenters. The summed E-state index contributed by atoms with van der Waals surface area (Å²) in [5.41, 5.74) is 2.61. The van der Waals surface area contributed by atoms with Crippen molar-refractivity contribution in [2.24, 2.45) is 0 Å². The third-order valence-corrected chi connectivity index (χ3v) is 8.00. The maximum atomic E-state index is 13.5. The molecule has 1 aliphatic rings. The summed E-state index contributed by atoms with van der Waals surface area (Å²) in [4.78, 5) is 13.3. The summed E-state index contributed by atoms with van der Waals surface area (Å²) >= 11 is 3.40. The van der Waals surface area contributed by atoms with E-state index >= 15 is 0 Å². The van der Waals surface area contributed by atoms with Gasteiger partial charge in [0.2, 0.25) is 5.91 Å². The Balaban J connectivity index is 1.61. The summed E-state index contributed by atoms with van der Waals surface area (Å²) in [5.74, 6) is 0.429. The van der Waals surface area contributed by atoms with E-state index in [4.69, 9.17) is 4.74 Å². The summed E-state index contributed by atoms with van der Waals surface area (Å²) in [6.45, 7) is -0.324. The minimum absolute atomic E-state index is 0.132. The molecule has 0 saturated heterocycles. The molecule has 6 nitrogen and oxygen atoms in total. The van der Waals surface area contributed by atoms with Crippen LogP contribution in [0.2, 0.25) is 0 Å². The van der Waals surface area contributed by atoms with Crippen molar-refractivity contribution in [3.63, 3.8) is 0 Å². The predicted octanol–water partition coefficient (Wildman–Crippen LogP) is 4.85. The van der Waals surface area contributed by atoms with E-state index < -0.39 is 10.0 Å². The summed E-state index contributed by atoms with van der Waals surface area (Å²) in [5, 5.41) is 3.05. The molecule has 0 aromatic heterocycles. The van der Waals surface area contributed by atoms with Gasteiger partial charge in [-0.25, -0.2) is 8.42 Å². The number of amides is 1. The van der Waals surface area contributed by atoms with Gasteiger partial charge in [0.1, 0.15) is 12.3 Å². The van der Waals surface area contributed by atoms with Gasteiger partial charge in [-0.15, -0.1) is 0 Å². The number of carbonyl (C=O) groups is 1. The Morgan fingerprint density at radius 1 is 1.09 bits per heavy atom. The molecule has 8 heteroatoms. The number of benzene rings is 3. The zero-order valence-electron chi connectivity index (χ0n) is 18.2. The number of nitrogens with one attached hydrogen (secondary N) is 1. The number of methoxy groups -OCH3 is 1. The van der Waals surface area contributed by atoms with Gasteiger partial charge in [0, 0.05) is 4.47 Å². The van der Waals surface area contributed by atoms with Gasteiger partial charge in [0.15, 0.2) is 0 Å². The van der Waals surface area contributed by atoms with Crippen LogP contribution in [0.3, 0.4) is 0 Å². The van der Waals surface area contributed by atoms with Crippen LogP contribution in [0.15, 0.2) is 82.2 Å². The van der Waals surface area contributed by atoms with Gasteiger partial charge >= 0.3 is 0 Å². The molecule has 0 fully saturated rings. The Labute approximate surface area is 202 Å². The molecular formula is C25H25BrN2O4S. The van der Waals surface area contributed by atoms with E-state index in [0.717, 1.165) is 44.9 Å². The summed E-state index contributed by atoms with van der Waals surface area (Å²) in [6.07, 6.45) is 2.65. The van der Waals surface area contributed by atoms with Crippen LogP contribution < -0.4 is 14.4 Å². The zero-order valence-corrected chi connectivity index (χ0v) is 20.6. The van der Waals surface area contributed by atoms with Crippen molar-refractivity contribution in [1.82, 2.24) is 5.32 Å². The maximum Gasteiger partial charge on any atom is 0.264 e. The van der Waals surface area contributed by atoms with Crippen LogP contribution >= 0.6 is 15.9 Å². The number of aryl methyl sites for hydroxylation is 1. The Kier molecular flexibility index (Phi) is 7.05. The summed E-state index contributed by atoms with van der Waals surface area (Å²) in [7, 11) is -2.31. The van der Waals surface area contributed by atoms with E-state index in [2.05, 4.69) is 21.2 Å². The highest BCUT2D eigenvalue weighted by Crippen LogP contribution is 2.32. The fourth-order valence-electron chi connectivity index (χ4n) is 4.10. The second kappa shape index (κ2) is 9.97. The number of hydrogen-bond acceptors (Lipinski definition) is 4. The van der Waals surface area contributed by atoms with E-state index in [1.54, 1.807) is 43.5 Å². The second-order valence-corrected chi connectivity index (χ2v) is 10.7. The second-order valence-electron chi connectivity index (χ2n) is 7.88. The average molecular weight is 529 g/mol. The maximum absolute atomic E-state index is 13.5. The molecule has 3 aromatic rings. The minimum atomic E-state index is -3.94. The molecule has 3 aromatic carbocycles. The molecule has 0 saturated carbocycles. The molecule has 1 unspecified atom stereocenters. The molecule has 172 valence electrons. The van der Waals surface area contributed by atoms with Crippen LogP contribution in [0.4, 0.5) is 5.69 Å². The fraction of sp³-hybridized carbons (Fsp3) is 0.240. The molecular weight excluding hydrogens is 504 g/mol. The largest absolute Gasteiger partial charge is 0.497 e. The lowest BCUT2D eigenvalue weighted by molar-refractivity contribution is -0.120. The van der Waals surface area contributed by atoms with Crippen molar-refractivity contribution in [2.75, 3.05) is 18.0 Å². The molecule has 0 heterocycles. The van der Waals surface area contributed by atoms with Gasteiger partial charge in [-0.3, -0.25) is 9.10 Å². The van der Waals surface area contributed by atoms with Gasteiger partial charge in [-0.2, -0.15) is 0 Å². The molecule has 0 bridgehead atoms. The number of halogens is 1. The predicted molar refractivity (Wildman–Crippen MR) is 132 cm³/mol. The van der Waals surface area contributed by atoms with Gasteiger partial charge in [-0.05, 0) is 72.9 Å². The van der Waals surface area contributed by atoms with Crippen LogP contribution in [0.5, 0.6) is 5.75 Å². The molecule has 1 N–H and O–H groups in total. The van der Waals surface area contributed by atoms with Crippen molar-refractivity contribution in [3.05, 3.63) is 88.4 Å². The highest BCUT2D eigenvalue weighted by Gasteiger charge is 2.29.